The van der Waals surface area contributed by atoms with Crippen LogP contribution in [0.25, 0.3) is 0 Å². The molecule has 0 fully saturated rings. The number of carbonyl (C=O) groups is 2. The van der Waals surface area contributed by atoms with Gasteiger partial charge in [0, 0.05) is 46.9 Å². The van der Waals surface area contributed by atoms with E-state index >= 15 is 0 Å². The molecule has 0 amide bonds. The number of carbonyl (C=O) groups excluding carboxylic acids is 2. The number of anilines is 4. The van der Waals surface area contributed by atoms with Gasteiger partial charge in [0.15, 0.2) is 11.5 Å². The van der Waals surface area contributed by atoms with E-state index in [1.165, 1.54) is 30.1 Å². The molecule has 0 aliphatic heterocycles. The summed E-state index contributed by atoms with van der Waals surface area (Å²) < 4.78 is 21.7. The molecular weight excluding hydrogens is 952 g/mol. The minimum atomic E-state index is -0.919. The molecule has 17 nitrogen and oxygen atoms in total. The van der Waals surface area contributed by atoms with Crippen molar-refractivity contribution in [1.29, 1.82) is 0 Å². The molecule has 6 aromatic rings. The molecule has 2 aromatic heterocycles. The van der Waals surface area contributed by atoms with Crippen LogP contribution in [-0.2, 0) is 35.8 Å². The van der Waals surface area contributed by atoms with Gasteiger partial charge in [-0.15, -0.1) is 0 Å². The van der Waals surface area contributed by atoms with Crippen LogP contribution in [0.1, 0.15) is 85.4 Å². The maximum Gasteiger partial charge on any atom is 0.354 e. The molecule has 2 N–H and O–H groups in total. The van der Waals surface area contributed by atoms with Gasteiger partial charge in [0.2, 0.25) is 11.9 Å². The van der Waals surface area contributed by atoms with Gasteiger partial charge >= 0.3 is 22.8 Å². The van der Waals surface area contributed by atoms with Crippen molar-refractivity contribution in [2.24, 2.45) is 11.3 Å². The largest absolute Gasteiger partial charge is 0.493 e. The maximum atomic E-state index is 13.5. The van der Waals surface area contributed by atoms with Gasteiger partial charge in [0.25, 0.3) is 0 Å². The topological polar surface area (TPSA) is 200 Å². The molecule has 4 aromatic carbocycles. The third kappa shape index (κ3) is 14.8. The van der Waals surface area contributed by atoms with Crippen molar-refractivity contribution in [1.82, 2.24) is 28.2 Å². The van der Waals surface area contributed by atoms with Crippen molar-refractivity contribution in [2.75, 3.05) is 17.7 Å². The molecule has 378 valence electrons. The first-order valence-electron chi connectivity index (χ1n) is 23.1. The predicted molar refractivity (Wildman–Crippen MR) is 278 cm³/mol. The second-order valence-electron chi connectivity index (χ2n) is 18.2. The summed E-state index contributed by atoms with van der Waals surface area (Å²) in [5.74, 6) is 0.976. The molecule has 0 saturated carbocycles. The van der Waals surface area contributed by atoms with E-state index in [4.69, 9.17) is 37.4 Å². The lowest BCUT2D eigenvalue weighted by Gasteiger charge is -2.23. The minimum Gasteiger partial charge on any atom is -0.493 e. The molecule has 0 radical (unpaired) electrons. The second kappa shape index (κ2) is 24.2. The number of hydrogen-bond acceptors (Lipinski definition) is 13. The highest BCUT2D eigenvalue weighted by atomic mass is 35.5. The Morgan fingerprint density at radius 2 is 1.18 bits per heavy atom. The SMILES string of the molecule is CC[C@@H](C)Oc1ccc(Nc2nc(=O)n(C[C@H](C)C(C)=O)c(=O)n2Cc2ccc(C)cc2)cc1Cl.COc1cc(Nc2nc(=O)n(CC(C)(C)C(C)=O)c(=O)n2Cc2ccc(Cl)cc2)ccc1OC(C)C. The van der Waals surface area contributed by atoms with Crippen LogP contribution in [0.15, 0.2) is 104 Å². The fraction of sp³-hybridized carbons (Fsp3) is 0.385. The lowest BCUT2D eigenvalue weighted by atomic mass is 9.89. The second-order valence-corrected chi connectivity index (χ2v) is 19.0. The smallest absolute Gasteiger partial charge is 0.354 e. The van der Waals surface area contributed by atoms with Crippen molar-refractivity contribution < 1.29 is 23.8 Å². The van der Waals surface area contributed by atoms with Crippen LogP contribution >= 0.6 is 23.2 Å². The highest BCUT2D eigenvalue weighted by Gasteiger charge is 2.28. The molecule has 2 heterocycles. The lowest BCUT2D eigenvalue weighted by molar-refractivity contribution is -0.125. The summed E-state index contributed by atoms with van der Waals surface area (Å²) in [4.78, 5) is 84.8. The first-order chi connectivity index (χ1) is 33.5. The quantitative estimate of drug-likeness (QED) is 0.0736. The average Bonchev–Trinajstić information content (AvgIpc) is 3.31. The van der Waals surface area contributed by atoms with Crippen LogP contribution in [0.3, 0.4) is 0 Å². The Morgan fingerprint density at radius 1 is 0.676 bits per heavy atom. The molecular formula is C52H62Cl2N8O9. The number of ketones is 2. The number of rotatable bonds is 20. The van der Waals surface area contributed by atoms with Gasteiger partial charge in [-0.2, -0.15) is 9.97 Å². The van der Waals surface area contributed by atoms with E-state index in [1.807, 2.05) is 58.9 Å². The molecule has 0 unspecified atom stereocenters. The summed E-state index contributed by atoms with van der Waals surface area (Å²) in [6.07, 6.45) is 0.804. The highest BCUT2D eigenvalue weighted by Crippen LogP contribution is 2.33. The number of nitrogens with one attached hydrogen (secondary N) is 2. The van der Waals surface area contributed by atoms with Crippen molar-refractivity contribution in [3.05, 3.63) is 154 Å². The third-order valence-corrected chi connectivity index (χ3v) is 12.1. The molecule has 6 rings (SSSR count). The molecule has 2 atom stereocenters. The van der Waals surface area contributed by atoms with Crippen LogP contribution in [0, 0.1) is 18.3 Å². The van der Waals surface area contributed by atoms with E-state index in [1.54, 1.807) is 81.4 Å². The first-order valence-corrected chi connectivity index (χ1v) is 23.8. The zero-order valence-corrected chi connectivity index (χ0v) is 43.5. The van der Waals surface area contributed by atoms with Crippen LogP contribution in [-0.4, -0.2) is 59.1 Å². The summed E-state index contributed by atoms with van der Waals surface area (Å²) in [5, 5.41) is 7.08. The predicted octanol–water partition coefficient (Wildman–Crippen LogP) is 8.82. The molecule has 0 bridgehead atoms. The Kier molecular flexibility index (Phi) is 18.8. The molecule has 71 heavy (non-hydrogen) atoms. The first kappa shape index (κ1) is 55.0. The van der Waals surface area contributed by atoms with E-state index in [-0.39, 0.29) is 61.9 Å². The van der Waals surface area contributed by atoms with Gasteiger partial charge in [0.05, 0.1) is 37.4 Å². The van der Waals surface area contributed by atoms with Crippen molar-refractivity contribution in [3.8, 4) is 17.2 Å². The van der Waals surface area contributed by atoms with Crippen LogP contribution in [0.5, 0.6) is 17.2 Å². The maximum absolute atomic E-state index is 13.5. The molecule has 19 heteroatoms. The van der Waals surface area contributed by atoms with E-state index in [0.717, 1.165) is 32.2 Å². The van der Waals surface area contributed by atoms with Crippen molar-refractivity contribution in [2.45, 2.75) is 114 Å². The Hall–Kier alpha value is -6.98. The molecule has 0 saturated heterocycles. The van der Waals surface area contributed by atoms with Crippen LogP contribution < -0.4 is 47.6 Å². The number of aromatic nitrogens is 6. The number of nitrogens with zero attached hydrogens (tertiary/aromatic N) is 6. The van der Waals surface area contributed by atoms with Gasteiger partial charge < -0.3 is 24.8 Å². The number of aryl methyl sites for hydroxylation is 1. The average molecular weight is 1010 g/mol. The Labute approximate surface area is 422 Å². The fourth-order valence-corrected chi connectivity index (χ4v) is 7.06. The summed E-state index contributed by atoms with van der Waals surface area (Å²) in [6, 6.07) is 25.0. The monoisotopic (exact) mass is 1010 g/mol. The summed E-state index contributed by atoms with van der Waals surface area (Å²) >= 11 is 12.4. The molecule has 0 spiro atoms. The van der Waals surface area contributed by atoms with Gasteiger partial charge in [-0.1, -0.05) is 92.9 Å². The van der Waals surface area contributed by atoms with E-state index < -0.39 is 34.1 Å². The Morgan fingerprint density at radius 3 is 1.68 bits per heavy atom. The standard InChI is InChI=1S/C26H31ClN4O5.C26H31ClN4O4/c1-16(2)36-21-12-11-20(13-22(21)35-6)28-23-29-24(33)31(15-26(4,5)17(3)32)25(34)30(23)14-18-7-9-19(27)10-8-18;1-6-18(4)35-23-12-11-21(13-22(23)27)28-24-29-25(33)31(14-17(3)19(5)32)26(34)30(24)15-20-9-7-16(2)8-10-20/h7-13,16H,14-15H2,1-6H3,(H,28,29,33);7-13,17-18H,6,14-15H2,1-5H3,(H,28,29,33)/t;17-,18+/m.0/s1. The Balaban J connectivity index is 0.000000264. The summed E-state index contributed by atoms with van der Waals surface area (Å²) in [5.41, 5.74) is 0.279. The van der Waals surface area contributed by atoms with Crippen LogP contribution in [0.2, 0.25) is 10.0 Å². The van der Waals surface area contributed by atoms with Crippen LogP contribution in [0.4, 0.5) is 23.3 Å². The third-order valence-electron chi connectivity index (χ3n) is 11.5. The fourth-order valence-electron chi connectivity index (χ4n) is 6.71. The number of ether oxygens (including phenoxy) is 3. The van der Waals surface area contributed by atoms with Crippen molar-refractivity contribution in [3.63, 3.8) is 0 Å². The lowest BCUT2D eigenvalue weighted by Crippen LogP contribution is -2.46. The van der Waals surface area contributed by atoms with Gasteiger partial charge in [0.1, 0.15) is 17.3 Å². The zero-order valence-electron chi connectivity index (χ0n) is 42.0. The Bertz CT molecular complexity index is 3090. The molecule has 0 aliphatic carbocycles. The highest BCUT2D eigenvalue weighted by molar-refractivity contribution is 6.32. The van der Waals surface area contributed by atoms with Gasteiger partial charge in [-0.3, -0.25) is 18.7 Å². The number of hydrogen-bond donors (Lipinski definition) is 2. The minimum absolute atomic E-state index is 0.0117. The zero-order chi connectivity index (χ0) is 52.3. The normalized spacial score (nSPS) is 12.1. The number of halogens is 2. The van der Waals surface area contributed by atoms with Crippen molar-refractivity contribution >= 4 is 58.0 Å². The van der Waals surface area contributed by atoms with Gasteiger partial charge in [-0.25, -0.2) is 28.3 Å². The van der Waals surface area contributed by atoms with E-state index in [9.17, 15) is 28.8 Å². The number of Topliss-reactive ketones (excluding diaryl/α,β-unsaturated/α-hetero) is 2. The molecule has 0 aliphatic rings. The van der Waals surface area contributed by atoms with E-state index in [0.29, 0.717) is 38.7 Å². The summed E-state index contributed by atoms with van der Waals surface area (Å²) in [7, 11) is 1.53. The van der Waals surface area contributed by atoms with Gasteiger partial charge in [-0.05, 0) is 102 Å². The summed E-state index contributed by atoms with van der Waals surface area (Å²) in [6.45, 7) is 17.9. The number of methoxy groups -OCH3 is 1. The van der Waals surface area contributed by atoms with E-state index in [2.05, 4.69) is 20.6 Å². The number of benzene rings is 4.